The van der Waals surface area contributed by atoms with E-state index in [1.165, 1.54) is 52.2 Å². The second-order valence-corrected chi connectivity index (χ2v) is 14.5. The molecule has 0 saturated heterocycles. The highest BCUT2D eigenvalue weighted by atomic mass is 79.9. The molecule has 0 N–H and O–H groups in total. The van der Waals surface area contributed by atoms with E-state index in [-0.39, 0.29) is 33.2 Å². The largest absolute Gasteiger partial charge is 0.324 e. The van der Waals surface area contributed by atoms with Crippen molar-refractivity contribution >= 4 is 81.1 Å². The molecule has 0 bridgehead atoms. The normalized spacial score (nSPS) is 12.0. The molecule has 5 rings (SSSR count). The number of thiophene rings is 1. The minimum Gasteiger partial charge on any atom is -0.267 e. The zero-order valence-electron chi connectivity index (χ0n) is 22.8. The maximum atomic E-state index is 13.8. The number of amides is 1. The van der Waals surface area contributed by atoms with Crippen LogP contribution in [0.1, 0.15) is 34.6 Å². The third-order valence-corrected chi connectivity index (χ3v) is 10.8. The summed E-state index contributed by atoms with van der Waals surface area (Å²) in [5.41, 5.74) is 1.71. The number of aromatic nitrogens is 1. The van der Waals surface area contributed by atoms with Gasteiger partial charge in [0.25, 0.3) is 5.91 Å². The first-order valence-electron chi connectivity index (χ1n) is 12.9. The lowest BCUT2D eigenvalue weighted by Crippen LogP contribution is -2.36. The molecule has 1 amide bonds. The van der Waals surface area contributed by atoms with Gasteiger partial charge in [-0.2, -0.15) is 14.4 Å². The number of sulfonamides is 1. The molecular formula is C29H24BrN5O5S3. The van der Waals surface area contributed by atoms with E-state index in [1.54, 1.807) is 6.07 Å². The van der Waals surface area contributed by atoms with Crippen molar-refractivity contribution in [3.8, 4) is 0 Å². The number of nitrogens with zero attached hydrogens (tertiary/aromatic N) is 5. The summed E-state index contributed by atoms with van der Waals surface area (Å²) in [5, 5.41) is 16.8. The highest BCUT2D eigenvalue weighted by molar-refractivity contribution is 9.10. The lowest BCUT2D eigenvalue weighted by atomic mass is 10.2. The number of carbonyl (C=O) groups excluding carboxylic acids is 1. The summed E-state index contributed by atoms with van der Waals surface area (Å²) in [6, 6.07) is 23.2. The summed E-state index contributed by atoms with van der Waals surface area (Å²) in [5.74, 6) is -0.547. The van der Waals surface area contributed by atoms with Crippen molar-refractivity contribution in [3.05, 3.63) is 116 Å². The second-order valence-electron chi connectivity index (χ2n) is 9.56. The average Bonchev–Trinajstić information content (AvgIpc) is 3.63. The summed E-state index contributed by atoms with van der Waals surface area (Å²) >= 11 is 5.61. The van der Waals surface area contributed by atoms with E-state index in [2.05, 4.69) is 26.0 Å². The number of halogens is 1. The fourth-order valence-corrected chi connectivity index (χ4v) is 7.91. The number of carbonyl (C=O) groups is 1. The smallest absolute Gasteiger partial charge is 0.267 e. The van der Waals surface area contributed by atoms with Gasteiger partial charge >= 0.3 is 5.00 Å². The number of benzene rings is 3. The maximum Gasteiger partial charge on any atom is 0.324 e. The van der Waals surface area contributed by atoms with Crippen LogP contribution in [-0.2, 0) is 16.6 Å². The zero-order valence-corrected chi connectivity index (χ0v) is 26.9. The molecule has 43 heavy (non-hydrogen) atoms. The van der Waals surface area contributed by atoms with Crippen LogP contribution in [0.3, 0.4) is 0 Å². The van der Waals surface area contributed by atoms with Crippen molar-refractivity contribution in [2.45, 2.75) is 31.3 Å². The van der Waals surface area contributed by atoms with Crippen molar-refractivity contribution in [1.29, 1.82) is 0 Å². The quantitative estimate of drug-likeness (QED) is 0.0856. The van der Waals surface area contributed by atoms with Crippen LogP contribution in [0.4, 0.5) is 10.1 Å². The topological polar surface area (TPSA) is 126 Å². The van der Waals surface area contributed by atoms with Crippen molar-refractivity contribution in [2.24, 2.45) is 5.10 Å². The lowest BCUT2D eigenvalue weighted by Gasteiger charge is -2.26. The maximum absolute atomic E-state index is 13.8. The van der Waals surface area contributed by atoms with Crippen LogP contribution in [0.5, 0.6) is 0 Å². The molecule has 220 valence electrons. The Balaban J connectivity index is 1.47. The number of rotatable bonds is 10. The van der Waals surface area contributed by atoms with Crippen LogP contribution in [-0.4, -0.2) is 40.8 Å². The predicted molar refractivity (Wildman–Crippen MR) is 173 cm³/mol. The van der Waals surface area contributed by atoms with Crippen LogP contribution in [0.25, 0.3) is 10.2 Å². The van der Waals surface area contributed by atoms with E-state index in [0.29, 0.717) is 10.4 Å². The number of hydrazone groups is 1. The van der Waals surface area contributed by atoms with E-state index in [4.69, 9.17) is 0 Å². The summed E-state index contributed by atoms with van der Waals surface area (Å²) in [6.45, 7) is 3.83. The Morgan fingerprint density at radius 1 is 1.05 bits per heavy atom. The molecule has 2 aromatic heterocycles. The van der Waals surface area contributed by atoms with Crippen LogP contribution < -0.4 is 5.01 Å². The molecule has 5 aromatic rings. The standard InChI is InChI=1S/C29H24BrN5O5S3/c1-19(2)33(18-20-6-4-3-5-7-20)43(39,40)24-12-8-21(9-13-24)28(36)34(31-17-23-11-15-27(41-23)35(37)38)29-32-25-14-10-22(30)16-26(25)42-29/h3-17,19H,18H2,1-2H3/b31-17+. The molecule has 0 radical (unpaired) electrons. The summed E-state index contributed by atoms with van der Waals surface area (Å²) in [4.78, 5) is 29.5. The SMILES string of the molecule is CC(C)N(Cc1ccccc1)S(=O)(=O)c1ccc(C(=O)N(/N=C/c2ccc([N+](=O)[O-])s2)c2nc3ccc(Br)cc3s2)cc1. The number of hydrogen-bond donors (Lipinski definition) is 0. The minimum absolute atomic E-state index is 0.0522. The van der Waals surface area contributed by atoms with Crippen LogP contribution in [0.2, 0.25) is 0 Å². The summed E-state index contributed by atoms with van der Waals surface area (Å²) < 4.78 is 30.3. The predicted octanol–water partition coefficient (Wildman–Crippen LogP) is 7.31. The van der Waals surface area contributed by atoms with Gasteiger partial charge in [-0.15, -0.1) is 0 Å². The van der Waals surface area contributed by atoms with Crippen molar-refractivity contribution < 1.29 is 18.1 Å². The molecule has 0 atom stereocenters. The third kappa shape index (κ3) is 6.89. The average molecular weight is 699 g/mol. The van der Waals surface area contributed by atoms with E-state index in [0.717, 1.165) is 31.1 Å². The Bertz CT molecular complexity index is 1920. The van der Waals surface area contributed by atoms with E-state index < -0.39 is 20.9 Å². The Kier molecular flexibility index (Phi) is 9.13. The van der Waals surface area contributed by atoms with Crippen molar-refractivity contribution in [1.82, 2.24) is 9.29 Å². The zero-order chi connectivity index (χ0) is 30.7. The van der Waals surface area contributed by atoms with Crippen LogP contribution >= 0.6 is 38.6 Å². The number of hydrogen-bond acceptors (Lipinski definition) is 9. The summed E-state index contributed by atoms with van der Waals surface area (Å²) in [6.07, 6.45) is 1.36. The Hall–Kier alpha value is -3.82. The van der Waals surface area contributed by atoms with Gasteiger partial charge in [0.2, 0.25) is 15.2 Å². The molecule has 0 aliphatic carbocycles. The van der Waals surface area contributed by atoms with Gasteiger partial charge in [-0.3, -0.25) is 14.9 Å². The molecule has 14 heteroatoms. The first-order chi connectivity index (χ1) is 20.5. The fourth-order valence-electron chi connectivity index (χ4n) is 4.13. The number of anilines is 1. The Morgan fingerprint density at radius 2 is 1.77 bits per heavy atom. The molecule has 0 saturated carbocycles. The van der Waals surface area contributed by atoms with Crippen LogP contribution in [0, 0.1) is 10.1 Å². The Labute approximate surface area is 264 Å². The van der Waals surface area contributed by atoms with Gasteiger partial charge in [-0.25, -0.2) is 13.4 Å². The Morgan fingerprint density at radius 3 is 2.42 bits per heavy atom. The first-order valence-corrected chi connectivity index (χ1v) is 16.7. The van der Waals surface area contributed by atoms with E-state index >= 15 is 0 Å². The fraction of sp³-hybridized carbons (Fsp3) is 0.138. The van der Waals surface area contributed by atoms with Crippen molar-refractivity contribution in [3.63, 3.8) is 0 Å². The van der Waals surface area contributed by atoms with Gasteiger partial charge in [0.05, 0.1) is 31.1 Å². The van der Waals surface area contributed by atoms with Gasteiger partial charge in [-0.1, -0.05) is 68.9 Å². The van der Waals surface area contributed by atoms with Gasteiger partial charge in [0.1, 0.15) is 0 Å². The van der Waals surface area contributed by atoms with Crippen molar-refractivity contribution in [2.75, 3.05) is 5.01 Å². The lowest BCUT2D eigenvalue weighted by molar-refractivity contribution is -0.380. The van der Waals surface area contributed by atoms with E-state index in [1.807, 2.05) is 62.4 Å². The van der Waals surface area contributed by atoms with E-state index in [9.17, 15) is 23.3 Å². The third-order valence-electron chi connectivity index (χ3n) is 6.27. The van der Waals surface area contributed by atoms with Gasteiger partial charge in [0, 0.05) is 28.7 Å². The highest BCUT2D eigenvalue weighted by Gasteiger charge is 2.28. The molecule has 0 fully saturated rings. The monoisotopic (exact) mass is 697 g/mol. The molecule has 0 unspecified atom stereocenters. The molecule has 0 aliphatic heterocycles. The number of fused-ring (bicyclic) bond motifs is 1. The minimum atomic E-state index is -3.88. The molecule has 3 aromatic carbocycles. The number of nitro groups is 1. The number of thiazole rings is 1. The van der Waals surface area contributed by atoms with Gasteiger partial charge in [0.15, 0.2) is 0 Å². The first kappa shape index (κ1) is 30.6. The molecule has 2 heterocycles. The molecular weight excluding hydrogens is 674 g/mol. The van der Waals surface area contributed by atoms with Gasteiger partial charge < -0.3 is 0 Å². The summed E-state index contributed by atoms with van der Waals surface area (Å²) in [7, 11) is -3.88. The molecule has 10 nitrogen and oxygen atoms in total. The van der Waals surface area contributed by atoms with Gasteiger partial charge in [-0.05, 0) is 67.9 Å². The highest BCUT2D eigenvalue weighted by Crippen LogP contribution is 2.32. The van der Waals surface area contributed by atoms with Crippen LogP contribution in [0.15, 0.2) is 99.4 Å². The second kappa shape index (κ2) is 12.8. The molecule has 0 spiro atoms. The molecule has 0 aliphatic rings.